The Bertz CT molecular complexity index is 767. The zero-order chi connectivity index (χ0) is 25.8. The Morgan fingerprint density at radius 3 is 2.15 bits per heavy atom. The quantitative estimate of drug-likeness (QED) is 0.142. The van der Waals surface area contributed by atoms with Crippen molar-refractivity contribution in [3.05, 3.63) is 0 Å². The molecule has 13 heteroatoms. The van der Waals surface area contributed by atoms with Gasteiger partial charge in [-0.3, -0.25) is 28.8 Å². The van der Waals surface area contributed by atoms with Crippen molar-refractivity contribution >= 4 is 35.5 Å². The molecule has 0 aromatic rings. The largest absolute Gasteiger partial charge is 0.480 e. The van der Waals surface area contributed by atoms with Gasteiger partial charge in [0, 0.05) is 6.42 Å². The molecule has 4 atom stereocenters. The first-order valence-electron chi connectivity index (χ1n) is 11.3. The second-order valence-electron chi connectivity index (χ2n) is 8.75. The van der Waals surface area contributed by atoms with Gasteiger partial charge in [0.25, 0.3) is 0 Å². The average molecular weight is 485 g/mol. The summed E-state index contributed by atoms with van der Waals surface area (Å²) in [4.78, 5) is 72.1. The molecule has 1 aliphatic rings. The summed E-state index contributed by atoms with van der Waals surface area (Å²) >= 11 is 0. The average Bonchev–Trinajstić information content (AvgIpc) is 3.28. The van der Waals surface area contributed by atoms with Gasteiger partial charge < -0.3 is 37.4 Å². The highest BCUT2D eigenvalue weighted by Crippen LogP contribution is 2.09. The molecule has 1 aliphatic heterocycles. The second-order valence-corrected chi connectivity index (χ2v) is 8.75. The summed E-state index contributed by atoms with van der Waals surface area (Å²) in [7, 11) is 0. The normalized spacial score (nSPS) is 17.8. The van der Waals surface area contributed by atoms with Crippen molar-refractivity contribution in [2.24, 2.45) is 11.7 Å². The number of carboxylic acids is 1. The fraction of sp³-hybridized carbons (Fsp3) is 0.714. The predicted molar refractivity (Wildman–Crippen MR) is 121 cm³/mol. The molecule has 0 aliphatic carbocycles. The third-order valence-corrected chi connectivity index (χ3v) is 5.20. The molecule has 34 heavy (non-hydrogen) atoms. The highest BCUT2D eigenvalue weighted by Gasteiger charge is 2.31. The van der Waals surface area contributed by atoms with E-state index in [2.05, 4.69) is 26.6 Å². The van der Waals surface area contributed by atoms with Gasteiger partial charge in [0.1, 0.15) is 24.7 Å². The number of hydrogen-bond donors (Lipinski definition) is 7. The first-order chi connectivity index (χ1) is 15.9. The van der Waals surface area contributed by atoms with Gasteiger partial charge in [-0.1, -0.05) is 13.8 Å². The summed E-state index contributed by atoms with van der Waals surface area (Å²) in [5, 5.41) is 21.5. The first kappa shape index (κ1) is 28.8. The van der Waals surface area contributed by atoms with Gasteiger partial charge in [-0.05, 0) is 45.1 Å². The number of carbonyl (C=O) groups excluding carboxylic acids is 5. The van der Waals surface area contributed by atoms with Crippen LogP contribution >= 0.6 is 0 Å². The number of rotatable bonds is 14. The van der Waals surface area contributed by atoms with Gasteiger partial charge in [0.05, 0.1) is 6.04 Å². The van der Waals surface area contributed by atoms with E-state index in [1.54, 1.807) is 0 Å². The molecule has 0 spiro atoms. The number of primary amides is 1. The van der Waals surface area contributed by atoms with E-state index in [4.69, 9.17) is 10.8 Å². The molecule has 192 valence electrons. The Hall–Kier alpha value is -3.22. The first-order valence-corrected chi connectivity index (χ1v) is 11.3. The molecule has 8 N–H and O–H groups in total. The Balaban J connectivity index is 2.86. The van der Waals surface area contributed by atoms with Gasteiger partial charge >= 0.3 is 5.97 Å². The lowest BCUT2D eigenvalue weighted by Gasteiger charge is -2.26. The van der Waals surface area contributed by atoms with E-state index in [1.165, 1.54) is 6.92 Å². The van der Waals surface area contributed by atoms with Crippen molar-refractivity contribution in [3.63, 3.8) is 0 Å². The van der Waals surface area contributed by atoms with Gasteiger partial charge in [0.2, 0.25) is 29.5 Å². The highest BCUT2D eigenvalue weighted by atomic mass is 16.4. The highest BCUT2D eigenvalue weighted by molar-refractivity contribution is 5.95. The van der Waals surface area contributed by atoms with E-state index in [0.717, 1.165) is 6.42 Å². The lowest BCUT2D eigenvalue weighted by atomic mass is 10.0. The summed E-state index contributed by atoms with van der Waals surface area (Å²) in [6.07, 6.45) is 1.50. The molecule has 1 rings (SSSR count). The zero-order valence-electron chi connectivity index (χ0n) is 19.8. The van der Waals surface area contributed by atoms with Crippen LogP contribution in [-0.2, 0) is 28.8 Å². The molecule has 5 amide bonds. The van der Waals surface area contributed by atoms with E-state index >= 15 is 0 Å². The minimum absolute atomic E-state index is 0.00598. The Morgan fingerprint density at radius 1 is 0.971 bits per heavy atom. The minimum atomic E-state index is -1.23. The van der Waals surface area contributed by atoms with E-state index in [0.29, 0.717) is 13.0 Å². The lowest BCUT2D eigenvalue weighted by molar-refractivity contribution is -0.138. The summed E-state index contributed by atoms with van der Waals surface area (Å²) in [5.41, 5.74) is 5.20. The van der Waals surface area contributed by atoms with Gasteiger partial charge in [-0.15, -0.1) is 0 Å². The van der Waals surface area contributed by atoms with E-state index in [9.17, 15) is 28.8 Å². The van der Waals surface area contributed by atoms with Crippen LogP contribution < -0.4 is 32.3 Å². The smallest absolute Gasteiger partial charge is 0.322 e. The van der Waals surface area contributed by atoms with Crippen LogP contribution in [0.1, 0.15) is 52.9 Å². The SMILES string of the molecule is CC(C)C[C@H](NC(=O)[C@H](CCC(N)=O)NC(=O)[C@@H]1CCCN1)C(=O)N[C@@H](C)C(=O)NCC(=O)O. The number of hydrogen-bond acceptors (Lipinski definition) is 7. The molecule has 0 radical (unpaired) electrons. The number of aliphatic carboxylic acids is 1. The standard InChI is InChI=1S/C21H36N6O7/c1-11(2)9-15(21(34)25-12(3)18(31)24-10-17(29)30)27-20(33)14(6-7-16(22)28)26-19(32)13-5-4-8-23-13/h11-15,23H,4-10H2,1-3H3,(H2,22,28)(H,24,31)(H,25,34)(H,26,32)(H,27,33)(H,29,30)/t12-,13-,14-,15-/m0/s1. The molecule has 1 fully saturated rings. The summed E-state index contributed by atoms with van der Waals surface area (Å²) in [5.74, 6) is -4.24. The maximum absolute atomic E-state index is 13.0. The van der Waals surface area contributed by atoms with Crippen LogP contribution in [-0.4, -0.2) is 77.9 Å². The predicted octanol–water partition coefficient (Wildman–Crippen LogP) is -2.27. The molecule has 0 unspecified atom stereocenters. The maximum atomic E-state index is 13.0. The van der Waals surface area contributed by atoms with Crippen molar-refractivity contribution in [2.45, 2.75) is 77.0 Å². The van der Waals surface area contributed by atoms with Gasteiger partial charge in [-0.25, -0.2) is 0 Å². The van der Waals surface area contributed by atoms with Crippen LogP contribution in [0.25, 0.3) is 0 Å². The molecule has 13 nitrogen and oxygen atoms in total. The van der Waals surface area contributed by atoms with Crippen molar-refractivity contribution in [1.82, 2.24) is 26.6 Å². The third-order valence-electron chi connectivity index (χ3n) is 5.20. The van der Waals surface area contributed by atoms with Gasteiger partial charge in [0.15, 0.2) is 0 Å². The molecule has 1 heterocycles. The van der Waals surface area contributed by atoms with Crippen LogP contribution in [0.5, 0.6) is 0 Å². The summed E-state index contributed by atoms with van der Waals surface area (Å²) in [6.45, 7) is 5.16. The lowest BCUT2D eigenvalue weighted by Crippen LogP contribution is -2.57. The number of nitrogens with one attached hydrogen (secondary N) is 5. The summed E-state index contributed by atoms with van der Waals surface area (Å²) in [6, 6.07) is -3.60. The van der Waals surface area contributed by atoms with E-state index in [-0.39, 0.29) is 31.1 Å². The Kier molecular flexibility index (Phi) is 12.0. The summed E-state index contributed by atoms with van der Waals surface area (Å²) < 4.78 is 0. The number of amides is 5. The molecular formula is C21H36N6O7. The Labute approximate surface area is 198 Å². The second kappa shape index (κ2) is 14.1. The molecule has 0 aromatic heterocycles. The monoisotopic (exact) mass is 484 g/mol. The van der Waals surface area contributed by atoms with Crippen LogP contribution in [0, 0.1) is 5.92 Å². The zero-order valence-corrected chi connectivity index (χ0v) is 19.8. The van der Waals surface area contributed by atoms with Gasteiger partial charge in [-0.2, -0.15) is 0 Å². The number of carboxylic acid groups (broad SMARTS) is 1. The van der Waals surface area contributed by atoms with Crippen LogP contribution in [0.3, 0.4) is 0 Å². The molecule has 0 bridgehead atoms. The van der Waals surface area contributed by atoms with Crippen molar-refractivity contribution in [3.8, 4) is 0 Å². The number of carbonyl (C=O) groups is 6. The van der Waals surface area contributed by atoms with Crippen LogP contribution in [0.4, 0.5) is 0 Å². The van der Waals surface area contributed by atoms with Crippen LogP contribution in [0.15, 0.2) is 0 Å². The van der Waals surface area contributed by atoms with Crippen molar-refractivity contribution in [1.29, 1.82) is 0 Å². The molecule has 1 saturated heterocycles. The fourth-order valence-electron chi connectivity index (χ4n) is 3.41. The van der Waals surface area contributed by atoms with E-state index in [1.807, 2.05) is 13.8 Å². The minimum Gasteiger partial charge on any atom is -0.480 e. The Morgan fingerprint density at radius 2 is 1.62 bits per heavy atom. The molecular weight excluding hydrogens is 448 g/mol. The number of nitrogens with two attached hydrogens (primary N) is 1. The van der Waals surface area contributed by atoms with Crippen molar-refractivity contribution < 1.29 is 33.9 Å². The molecule has 0 aromatic carbocycles. The van der Waals surface area contributed by atoms with Crippen LogP contribution in [0.2, 0.25) is 0 Å². The maximum Gasteiger partial charge on any atom is 0.322 e. The van der Waals surface area contributed by atoms with Crippen molar-refractivity contribution in [2.75, 3.05) is 13.1 Å². The topological polar surface area (TPSA) is 209 Å². The third kappa shape index (κ3) is 10.6. The molecule has 0 saturated carbocycles. The fourth-order valence-corrected chi connectivity index (χ4v) is 3.41. The van der Waals surface area contributed by atoms with E-state index < -0.39 is 60.3 Å².